The maximum absolute atomic E-state index is 14.0. The lowest BCUT2D eigenvalue weighted by Crippen LogP contribution is -2.43. The van der Waals surface area contributed by atoms with Crippen LogP contribution < -0.4 is 4.74 Å². The summed E-state index contributed by atoms with van der Waals surface area (Å²) in [6.45, 7) is 2.73. The van der Waals surface area contributed by atoms with Crippen molar-refractivity contribution in [3.05, 3.63) is 29.1 Å². The van der Waals surface area contributed by atoms with Crippen molar-refractivity contribution in [3.63, 3.8) is 0 Å². The van der Waals surface area contributed by atoms with Crippen molar-refractivity contribution in [2.75, 3.05) is 13.1 Å². The number of hydrogen-bond acceptors (Lipinski definition) is 3. The van der Waals surface area contributed by atoms with E-state index in [1.165, 1.54) is 19.1 Å². The molecule has 0 spiro atoms. The van der Waals surface area contributed by atoms with Crippen molar-refractivity contribution in [2.24, 2.45) is 0 Å². The molecule has 6 heteroatoms. The van der Waals surface area contributed by atoms with E-state index >= 15 is 0 Å². The zero-order valence-electron chi connectivity index (χ0n) is 13.0. The van der Waals surface area contributed by atoms with Gasteiger partial charge in [0.05, 0.1) is 12.1 Å². The molecular formula is C17H20FNO4. The largest absolute Gasteiger partial charge is 0.488 e. The fourth-order valence-electron chi connectivity index (χ4n) is 3.05. The van der Waals surface area contributed by atoms with Gasteiger partial charge in [0.2, 0.25) is 5.91 Å². The van der Waals surface area contributed by atoms with Gasteiger partial charge in [-0.2, -0.15) is 0 Å². The number of hydrogen-bond donors (Lipinski definition) is 1. The predicted molar refractivity (Wildman–Crippen MR) is 81.2 cm³/mol. The number of carboxylic acids is 1. The Balaban J connectivity index is 1.83. The molecule has 1 unspecified atom stereocenters. The third kappa shape index (κ3) is 3.46. The number of benzene rings is 1. The average molecular weight is 321 g/mol. The number of nitrogens with zero attached hydrogens (tertiary/aromatic N) is 1. The summed E-state index contributed by atoms with van der Waals surface area (Å²) in [4.78, 5) is 24.3. The van der Waals surface area contributed by atoms with E-state index in [1.54, 1.807) is 4.90 Å². The lowest BCUT2D eigenvalue weighted by atomic mass is 10.0. The Labute approximate surface area is 134 Å². The van der Waals surface area contributed by atoms with Crippen molar-refractivity contribution >= 4 is 11.9 Å². The molecule has 1 saturated heterocycles. The molecule has 1 atom stereocenters. The second-order valence-electron chi connectivity index (χ2n) is 6.30. The maximum atomic E-state index is 14.0. The van der Waals surface area contributed by atoms with E-state index in [2.05, 4.69) is 0 Å². The van der Waals surface area contributed by atoms with E-state index in [1.807, 2.05) is 0 Å². The fourth-order valence-corrected chi connectivity index (χ4v) is 3.05. The molecule has 1 aliphatic carbocycles. The van der Waals surface area contributed by atoms with Gasteiger partial charge < -0.3 is 14.7 Å². The Morgan fingerprint density at radius 3 is 2.65 bits per heavy atom. The van der Waals surface area contributed by atoms with Gasteiger partial charge in [0.1, 0.15) is 17.7 Å². The number of likely N-dealkylation sites (tertiary alicyclic amines) is 1. The van der Waals surface area contributed by atoms with Gasteiger partial charge in [0.15, 0.2) is 0 Å². The number of ether oxygens (including phenoxy) is 1. The van der Waals surface area contributed by atoms with Gasteiger partial charge in [-0.25, -0.2) is 9.18 Å². The molecule has 1 aromatic carbocycles. The van der Waals surface area contributed by atoms with Crippen LogP contribution in [0.2, 0.25) is 0 Å². The quantitative estimate of drug-likeness (QED) is 0.926. The predicted octanol–water partition coefficient (Wildman–Crippen LogP) is 2.79. The number of aromatic carboxylic acids is 1. The Kier molecular flexibility index (Phi) is 4.24. The highest BCUT2D eigenvalue weighted by Crippen LogP contribution is 2.45. The summed E-state index contributed by atoms with van der Waals surface area (Å²) in [6.07, 6.45) is 3.39. The lowest BCUT2D eigenvalue weighted by molar-refractivity contribution is -0.131. The SMILES string of the molecule is CC(=O)N1CCCC(Oc2cc(F)c(C(=O)O)cc2C2CC2)C1. The monoisotopic (exact) mass is 321 g/mol. The lowest BCUT2D eigenvalue weighted by Gasteiger charge is -2.32. The Hall–Kier alpha value is -2.11. The van der Waals surface area contributed by atoms with Crippen LogP contribution >= 0.6 is 0 Å². The summed E-state index contributed by atoms with van der Waals surface area (Å²) in [5, 5.41) is 9.08. The molecule has 1 saturated carbocycles. The van der Waals surface area contributed by atoms with Gasteiger partial charge in [-0.05, 0) is 43.2 Å². The van der Waals surface area contributed by atoms with Gasteiger partial charge in [-0.1, -0.05) is 0 Å². The molecule has 5 nitrogen and oxygen atoms in total. The van der Waals surface area contributed by atoms with Crippen LogP contribution in [0.1, 0.15) is 54.4 Å². The van der Waals surface area contributed by atoms with E-state index in [4.69, 9.17) is 9.84 Å². The number of piperidine rings is 1. The molecule has 0 radical (unpaired) electrons. The van der Waals surface area contributed by atoms with Gasteiger partial charge in [-0.3, -0.25) is 4.79 Å². The average Bonchev–Trinajstić information content (AvgIpc) is 3.32. The van der Waals surface area contributed by atoms with Crippen LogP contribution in [0.25, 0.3) is 0 Å². The van der Waals surface area contributed by atoms with Crippen molar-refractivity contribution in [3.8, 4) is 5.75 Å². The summed E-state index contributed by atoms with van der Waals surface area (Å²) in [5.41, 5.74) is 0.456. The Bertz CT molecular complexity index is 642. The zero-order valence-corrected chi connectivity index (χ0v) is 13.0. The van der Waals surface area contributed by atoms with E-state index in [-0.39, 0.29) is 23.5 Å². The molecule has 0 aromatic heterocycles. The summed E-state index contributed by atoms with van der Waals surface area (Å²) in [6, 6.07) is 2.58. The third-order valence-corrected chi connectivity index (χ3v) is 4.46. The minimum Gasteiger partial charge on any atom is -0.488 e. The van der Waals surface area contributed by atoms with Gasteiger partial charge in [0, 0.05) is 19.5 Å². The number of carboxylic acid groups (broad SMARTS) is 1. The van der Waals surface area contributed by atoms with Crippen molar-refractivity contribution in [1.82, 2.24) is 4.90 Å². The molecule has 2 fully saturated rings. The summed E-state index contributed by atoms with van der Waals surface area (Å²) in [7, 11) is 0. The van der Waals surface area contributed by atoms with E-state index in [9.17, 15) is 14.0 Å². The summed E-state index contributed by atoms with van der Waals surface area (Å²) in [5.74, 6) is -1.37. The summed E-state index contributed by atoms with van der Waals surface area (Å²) >= 11 is 0. The fraction of sp³-hybridized carbons (Fsp3) is 0.529. The van der Waals surface area contributed by atoms with Crippen LogP contribution in [0.15, 0.2) is 12.1 Å². The Morgan fingerprint density at radius 1 is 1.30 bits per heavy atom. The van der Waals surface area contributed by atoms with Gasteiger partial charge in [-0.15, -0.1) is 0 Å². The molecule has 3 rings (SSSR count). The van der Waals surface area contributed by atoms with Gasteiger partial charge in [0.25, 0.3) is 0 Å². The molecule has 2 aliphatic rings. The topological polar surface area (TPSA) is 66.8 Å². The second kappa shape index (κ2) is 6.18. The first kappa shape index (κ1) is 15.8. The van der Waals surface area contributed by atoms with Crippen molar-refractivity contribution in [1.29, 1.82) is 0 Å². The number of carbonyl (C=O) groups excluding carboxylic acids is 1. The van der Waals surface area contributed by atoms with Crippen LogP contribution in [0, 0.1) is 5.82 Å². The molecular weight excluding hydrogens is 301 g/mol. The first-order valence-electron chi connectivity index (χ1n) is 7.94. The first-order chi connectivity index (χ1) is 11.0. The maximum Gasteiger partial charge on any atom is 0.338 e. The second-order valence-corrected chi connectivity index (χ2v) is 6.30. The smallest absolute Gasteiger partial charge is 0.338 e. The highest BCUT2D eigenvalue weighted by molar-refractivity contribution is 5.88. The molecule has 1 heterocycles. The molecule has 23 heavy (non-hydrogen) atoms. The highest BCUT2D eigenvalue weighted by atomic mass is 19.1. The first-order valence-corrected chi connectivity index (χ1v) is 7.94. The number of halogens is 1. The molecule has 1 aliphatic heterocycles. The number of carbonyl (C=O) groups is 2. The summed E-state index contributed by atoms with van der Waals surface area (Å²) < 4.78 is 20.0. The molecule has 1 amide bonds. The highest BCUT2D eigenvalue weighted by Gasteiger charge is 2.31. The van der Waals surface area contributed by atoms with E-state index in [0.717, 1.165) is 37.8 Å². The molecule has 0 bridgehead atoms. The van der Waals surface area contributed by atoms with Crippen LogP contribution in [0.4, 0.5) is 4.39 Å². The van der Waals surface area contributed by atoms with Crippen molar-refractivity contribution in [2.45, 2.75) is 44.6 Å². The third-order valence-electron chi connectivity index (χ3n) is 4.46. The minimum absolute atomic E-state index is 0.00752. The zero-order chi connectivity index (χ0) is 16.6. The normalized spacial score (nSPS) is 21.1. The van der Waals surface area contributed by atoms with E-state index < -0.39 is 11.8 Å². The molecule has 1 aromatic rings. The Morgan fingerprint density at radius 2 is 2.04 bits per heavy atom. The molecule has 1 N–H and O–H groups in total. The van der Waals surface area contributed by atoms with Crippen LogP contribution in [0.3, 0.4) is 0 Å². The number of rotatable bonds is 4. The number of amides is 1. The van der Waals surface area contributed by atoms with Crippen molar-refractivity contribution < 1.29 is 23.8 Å². The van der Waals surface area contributed by atoms with Crippen LogP contribution in [-0.2, 0) is 4.79 Å². The van der Waals surface area contributed by atoms with Crippen LogP contribution in [-0.4, -0.2) is 41.1 Å². The standard InChI is InChI=1S/C17H20FNO4/c1-10(20)19-6-2-3-12(9-19)23-16-8-15(18)14(17(21)22)7-13(16)11-4-5-11/h7-8,11-12H,2-6,9H2,1H3,(H,21,22). The van der Waals surface area contributed by atoms with Gasteiger partial charge >= 0.3 is 5.97 Å². The minimum atomic E-state index is -1.27. The molecule has 124 valence electrons. The van der Waals surface area contributed by atoms with E-state index in [0.29, 0.717) is 12.3 Å². The van der Waals surface area contributed by atoms with Crippen LogP contribution in [0.5, 0.6) is 5.75 Å².